The van der Waals surface area contributed by atoms with E-state index in [2.05, 4.69) is 4.90 Å². The normalized spacial score (nSPS) is 16.8. The fourth-order valence-corrected chi connectivity index (χ4v) is 2.28. The number of carboxylic acids is 1. The molecule has 0 saturated heterocycles. The summed E-state index contributed by atoms with van der Waals surface area (Å²) in [5, 5.41) is 9.30. The van der Waals surface area contributed by atoms with E-state index < -0.39 is 5.97 Å². The predicted octanol–water partition coefficient (Wildman–Crippen LogP) is 1.87. The zero-order valence-corrected chi connectivity index (χ0v) is 10.6. The molecule has 1 N–H and O–H groups in total. The summed E-state index contributed by atoms with van der Waals surface area (Å²) in [4.78, 5) is 13.4. The van der Waals surface area contributed by atoms with Gasteiger partial charge in [-0.3, -0.25) is 0 Å². The van der Waals surface area contributed by atoms with Crippen LogP contribution in [0.5, 0.6) is 5.75 Å². The molecule has 0 aromatic heterocycles. The topological polar surface area (TPSA) is 49.8 Å². The summed E-state index contributed by atoms with van der Waals surface area (Å²) in [6.07, 6.45) is 0.569. The molecule has 0 atom stereocenters. The molecule has 0 spiro atoms. The van der Waals surface area contributed by atoms with Crippen molar-refractivity contribution in [2.45, 2.75) is 6.42 Å². The Labute approximate surface area is 106 Å². The maximum atomic E-state index is 11.3. The Kier molecular flexibility index (Phi) is 3.67. The van der Waals surface area contributed by atoms with Crippen LogP contribution in [0.2, 0.25) is 0 Å². The van der Waals surface area contributed by atoms with Crippen molar-refractivity contribution in [2.24, 2.45) is 0 Å². The first-order chi connectivity index (χ1) is 8.63. The van der Waals surface area contributed by atoms with Gasteiger partial charge in [-0.05, 0) is 25.1 Å². The molecule has 0 unspecified atom stereocenters. The van der Waals surface area contributed by atoms with Crippen molar-refractivity contribution in [1.82, 2.24) is 4.90 Å². The van der Waals surface area contributed by atoms with E-state index in [9.17, 15) is 9.90 Å². The average molecular weight is 247 g/mol. The number of aliphatic carboxylic acids is 1. The number of carbonyl (C=O) groups is 1. The molecule has 4 heteroatoms. The van der Waals surface area contributed by atoms with Gasteiger partial charge in [0.25, 0.3) is 0 Å². The zero-order chi connectivity index (χ0) is 13.1. The van der Waals surface area contributed by atoms with Gasteiger partial charge >= 0.3 is 5.97 Å². The zero-order valence-electron chi connectivity index (χ0n) is 10.6. The van der Waals surface area contributed by atoms with Gasteiger partial charge in [0.05, 0.1) is 7.11 Å². The van der Waals surface area contributed by atoms with Crippen molar-refractivity contribution in [3.8, 4) is 5.75 Å². The molecule has 18 heavy (non-hydrogen) atoms. The second-order valence-electron chi connectivity index (χ2n) is 4.45. The summed E-state index contributed by atoms with van der Waals surface area (Å²) < 4.78 is 5.32. The maximum Gasteiger partial charge on any atom is 0.331 e. The van der Waals surface area contributed by atoms with E-state index in [0.29, 0.717) is 18.5 Å². The van der Waals surface area contributed by atoms with E-state index in [1.807, 2.05) is 31.3 Å². The minimum absolute atomic E-state index is 0.498. The highest BCUT2D eigenvalue weighted by atomic mass is 16.5. The van der Waals surface area contributed by atoms with E-state index in [0.717, 1.165) is 23.4 Å². The number of carboxylic acid groups (broad SMARTS) is 1. The fourth-order valence-electron chi connectivity index (χ4n) is 2.28. The van der Waals surface area contributed by atoms with Gasteiger partial charge in [-0.15, -0.1) is 0 Å². The molecule has 0 saturated carbocycles. The summed E-state index contributed by atoms with van der Waals surface area (Å²) in [5.41, 5.74) is 2.23. The summed E-state index contributed by atoms with van der Waals surface area (Å²) in [7, 11) is 3.60. The van der Waals surface area contributed by atoms with Gasteiger partial charge in [-0.2, -0.15) is 0 Å². The third kappa shape index (κ3) is 2.38. The first kappa shape index (κ1) is 12.6. The Morgan fingerprint density at radius 2 is 2.11 bits per heavy atom. The molecule has 0 aliphatic carbocycles. The highest BCUT2D eigenvalue weighted by molar-refractivity contribution is 5.98. The molecule has 0 radical (unpaired) electrons. The van der Waals surface area contributed by atoms with Crippen LogP contribution in [-0.2, 0) is 4.79 Å². The van der Waals surface area contributed by atoms with Crippen LogP contribution < -0.4 is 4.74 Å². The first-order valence-corrected chi connectivity index (χ1v) is 5.90. The molecule has 0 fully saturated rings. The van der Waals surface area contributed by atoms with Crippen LogP contribution in [0.1, 0.15) is 12.0 Å². The second-order valence-corrected chi connectivity index (χ2v) is 4.45. The number of methoxy groups -OCH3 is 1. The standard InChI is InChI=1S/C14H17NO3/c1-15-8-7-11(14(16)17)12(9-15)10-5-3-4-6-13(10)18-2/h3-6H,7-9H2,1-2H3,(H,16,17). The Balaban J connectivity index is 2.53. The van der Waals surface area contributed by atoms with E-state index in [4.69, 9.17) is 4.74 Å². The number of nitrogens with zero attached hydrogens (tertiary/aromatic N) is 1. The van der Waals surface area contributed by atoms with Crippen LogP contribution in [0.3, 0.4) is 0 Å². The number of rotatable bonds is 3. The number of ether oxygens (including phenoxy) is 1. The molecule has 0 amide bonds. The largest absolute Gasteiger partial charge is 0.496 e. The third-order valence-corrected chi connectivity index (χ3v) is 3.23. The SMILES string of the molecule is COc1ccccc1C1=C(C(=O)O)CCN(C)C1. The number of likely N-dealkylation sites (N-methyl/N-ethyl adjacent to an activating group) is 1. The minimum Gasteiger partial charge on any atom is -0.496 e. The summed E-state index contributed by atoms with van der Waals surface area (Å²) in [6, 6.07) is 7.56. The van der Waals surface area contributed by atoms with E-state index in [1.165, 1.54) is 0 Å². The van der Waals surface area contributed by atoms with Crippen LogP contribution in [0, 0.1) is 0 Å². The lowest BCUT2D eigenvalue weighted by atomic mass is 9.93. The molecule has 1 aliphatic rings. The van der Waals surface area contributed by atoms with E-state index >= 15 is 0 Å². The van der Waals surface area contributed by atoms with Crippen LogP contribution in [-0.4, -0.2) is 43.2 Å². The Morgan fingerprint density at radius 1 is 1.39 bits per heavy atom. The summed E-state index contributed by atoms with van der Waals surface area (Å²) >= 11 is 0. The van der Waals surface area contributed by atoms with Gasteiger partial charge in [0.1, 0.15) is 5.75 Å². The van der Waals surface area contributed by atoms with Crippen molar-refractivity contribution in [1.29, 1.82) is 0 Å². The molecule has 2 rings (SSSR count). The number of benzene rings is 1. The molecule has 0 bridgehead atoms. The van der Waals surface area contributed by atoms with Crippen LogP contribution >= 0.6 is 0 Å². The third-order valence-electron chi connectivity index (χ3n) is 3.23. The lowest BCUT2D eigenvalue weighted by Crippen LogP contribution is -2.29. The van der Waals surface area contributed by atoms with Crippen LogP contribution in [0.25, 0.3) is 5.57 Å². The minimum atomic E-state index is -0.830. The van der Waals surface area contributed by atoms with Gasteiger partial charge in [0.2, 0.25) is 0 Å². The van der Waals surface area contributed by atoms with Crippen LogP contribution in [0.4, 0.5) is 0 Å². The highest BCUT2D eigenvalue weighted by Crippen LogP contribution is 2.32. The average Bonchev–Trinajstić information content (AvgIpc) is 2.38. The Bertz CT molecular complexity index is 494. The highest BCUT2D eigenvalue weighted by Gasteiger charge is 2.23. The monoisotopic (exact) mass is 247 g/mol. The molecule has 1 aromatic carbocycles. The molecular formula is C14H17NO3. The van der Waals surface area contributed by atoms with Crippen molar-refractivity contribution >= 4 is 11.5 Å². The molecule has 1 aliphatic heterocycles. The Hall–Kier alpha value is -1.81. The van der Waals surface area contributed by atoms with Gasteiger partial charge in [0.15, 0.2) is 0 Å². The lowest BCUT2D eigenvalue weighted by molar-refractivity contribution is -0.132. The van der Waals surface area contributed by atoms with E-state index in [1.54, 1.807) is 7.11 Å². The molecule has 96 valence electrons. The number of hydrogen-bond acceptors (Lipinski definition) is 3. The van der Waals surface area contributed by atoms with Gasteiger partial charge in [0, 0.05) is 24.2 Å². The fraction of sp³-hybridized carbons (Fsp3) is 0.357. The quantitative estimate of drug-likeness (QED) is 0.886. The van der Waals surface area contributed by atoms with Crippen molar-refractivity contribution in [3.63, 3.8) is 0 Å². The first-order valence-electron chi connectivity index (χ1n) is 5.90. The van der Waals surface area contributed by atoms with Gasteiger partial charge in [-0.25, -0.2) is 4.79 Å². The van der Waals surface area contributed by atoms with Gasteiger partial charge in [-0.1, -0.05) is 18.2 Å². The number of para-hydroxylation sites is 1. The van der Waals surface area contributed by atoms with Crippen LogP contribution in [0.15, 0.2) is 29.8 Å². The van der Waals surface area contributed by atoms with E-state index in [-0.39, 0.29) is 0 Å². The predicted molar refractivity (Wildman–Crippen MR) is 69.7 cm³/mol. The summed E-state index contributed by atoms with van der Waals surface area (Å²) in [5.74, 6) is -0.106. The molecule has 1 heterocycles. The number of hydrogen-bond donors (Lipinski definition) is 1. The van der Waals surface area contributed by atoms with Gasteiger partial charge < -0.3 is 14.7 Å². The Morgan fingerprint density at radius 3 is 2.78 bits per heavy atom. The molecule has 4 nitrogen and oxygen atoms in total. The van der Waals surface area contributed by atoms with Crippen molar-refractivity contribution in [3.05, 3.63) is 35.4 Å². The maximum absolute atomic E-state index is 11.3. The lowest BCUT2D eigenvalue weighted by Gasteiger charge is -2.27. The molecular weight excluding hydrogens is 230 g/mol. The summed E-state index contributed by atoms with van der Waals surface area (Å²) in [6.45, 7) is 1.42. The van der Waals surface area contributed by atoms with Crippen molar-refractivity contribution < 1.29 is 14.6 Å². The van der Waals surface area contributed by atoms with Crippen molar-refractivity contribution in [2.75, 3.05) is 27.2 Å². The second kappa shape index (κ2) is 5.23. The smallest absolute Gasteiger partial charge is 0.331 e. The molecule has 1 aromatic rings.